The molecule has 5 unspecified atom stereocenters. The van der Waals surface area contributed by atoms with Gasteiger partial charge in [0.25, 0.3) is 0 Å². The van der Waals surface area contributed by atoms with Gasteiger partial charge < -0.3 is 28.9 Å². The number of hydrogen-bond acceptors (Lipinski definition) is 8. The number of ether oxygens (including phenoxy) is 2. The molecule has 3 N–H and O–H groups in total. The largest absolute Gasteiger partial charge is 0.458 e. The Morgan fingerprint density at radius 3 is 2.75 bits per heavy atom. The van der Waals surface area contributed by atoms with Gasteiger partial charge in [-0.1, -0.05) is 18.7 Å². The van der Waals surface area contributed by atoms with Crippen LogP contribution in [0.4, 0.5) is 13.6 Å². The minimum Gasteiger partial charge on any atom is -0.458 e. The Morgan fingerprint density at radius 1 is 1.42 bits per heavy atom. The van der Waals surface area contributed by atoms with E-state index in [2.05, 4.69) is 17.0 Å². The van der Waals surface area contributed by atoms with E-state index in [1.807, 2.05) is 12.2 Å². The number of aliphatic hydroxyl groups is 1. The van der Waals surface area contributed by atoms with Crippen LogP contribution in [0.3, 0.4) is 0 Å². The molecule has 10 nitrogen and oxygen atoms in total. The van der Waals surface area contributed by atoms with Gasteiger partial charge in [0.15, 0.2) is 6.10 Å². The van der Waals surface area contributed by atoms with Crippen LogP contribution >= 0.6 is 8.53 Å². The van der Waals surface area contributed by atoms with Gasteiger partial charge in [-0.15, -0.1) is 0 Å². The molecule has 3 rings (SSSR count). The van der Waals surface area contributed by atoms with E-state index < -0.39 is 63.1 Å². The van der Waals surface area contributed by atoms with Gasteiger partial charge in [0.05, 0.1) is 6.61 Å². The van der Waals surface area contributed by atoms with Crippen LogP contribution < -0.4 is 10.4 Å². The zero-order valence-corrected chi connectivity index (χ0v) is 21.3. The number of carbonyl (C=O) groups is 2. The van der Waals surface area contributed by atoms with Gasteiger partial charge >= 0.3 is 26.4 Å². The van der Waals surface area contributed by atoms with Crippen molar-refractivity contribution >= 4 is 20.5 Å². The second-order valence-corrected chi connectivity index (χ2v) is 10.2. The van der Waals surface area contributed by atoms with Gasteiger partial charge in [-0.05, 0) is 44.9 Å². The van der Waals surface area contributed by atoms with E-state index in [9.17, 15) is 23.5 Å². The van der Waals surface area contributed by atoms with Crippen LogP contribution in [0.5, 0.6) is 0 Å². The van der Waals surface area contributed by atoms with E-state index in [-0.39, 0.29) is 0 Å². The molecule has 2 heterocycles. The van der Waals surface area contributed by atoms with Crippen LogP contribution in [0, 0.1) is 0 Å². The Morgan fingerprint density at radius 2 is 2.17 bits per heavy atom. The summed E-state index contributed by atoms with van der Waals surface area (Å²) in [5.41, 5.74) is -0.679. The highest BCUT2D eigenvalue weighted by atomic mass is 31.2. The van der Waals surface area contributed by atoms with Crippen molar-refractivity contribution in [2.75, 3.05) is 13.7 Å². The minimum atomic E-state index is -3.81. The van der Waals surface area contributed by atoms with E-state index in [1.54, 1.807) is 19.9 Å². The second kappa shape index (κ2) is 11.8. The Hall–Kier alpha value is -2.37. The molecule has 200 valence electrons. The van der Waals surface area contributed by atoms with Crippen molar-refractivity contribution in [2.45, 2.75) is 69.1 Å². The fourth-order valence-electron chi connectivity index (χ4n) is 3.81. The molecular weight excluding hydrogens is 499 g/mol. The van der Waals surface area contributed by atoms with Crippen molar-refractivity contribution in [3.05, 3.63) is 48.9 Å². The van der Waals surface area contributed by atoms with Gasteiger partial charge in [0.1, 0.15) is 23.5 Å². The third-order valence-corrected chi connectivity index (χ3v) is 6.87. The molecular formula is C23H32F2N3O7P. The number of allylic oxidation sites excluding steroid dienone is 5. The lowest BCUT2D eigenvalue weighted by Gasteiger charge is -2.28. The Balaban J connectivity index is 1.73. The van der Waals surface area contributed by atoms with E-state index in [0.717, 1.165) is 19.0 Å². The Kier molecular flexibility index (Phi) is 9.23. The Bertz CT molecular complexity index is 927. The standard InChI is InChI=1S/C23H32F2N3O7P/c1-5-6-12-28(21(31)26-4)20-23(24,25)18(29)17(33-20)14-32-36(35-15-10-8-7-9-11-15)27-16-13-22(2,3)34-19(16)30/h5-6,8,10-12,16-18,20,27,29H,1,7,9,13-14H2,2-4H3,(H,26,31)/b12-6-. The number of urea groups is 1. The molecule has 0 spiro atoms. The first kappa shape index (κ1) is 28.2. The first-order valence-electron chi connectivity index (χ1n) is 11.5. The van der Waals surface area contributed by atoms with Crippen LogP contribution in [-0.2, 0) is 23.3 Å². The van der Waals surface area contributed by atoms with Crippen molar-refractivity contribution in [2.24, 2.45) is 0 Å². The molecule has 0 bridgehead atoms. The molecule has 2 saturated heterocycles. The number of alkyl halides is 2. The molecule has 0 aromatic heterocycles. The predicted octanol–water partition coefficient (Wildman–Crippen LogP) is 3.23. The fraction of sp³-hybridized carbons (Fsp3) is 0.565. The number of nitrogens with zero attached hydrogens (tertiary/aromatic N) is 1. The SMILES string of the molecule is C=C/C=C\N(C(=O)NC)C1OC(COP(NC2CC(C)(C)OC2=O)OC2=CCCC=C2)C(O)C1(F)F. The third-order valence-electron chi connectivity index (χ3n) is 5.59. The molecule has 3 aliphatic rings. The highest BCUT2D eigenvalue weighted by Crippen LogP contribution is 2.44. The number of cyclic esters (lactones) is 1. The van der Waals surface area contributed by atoms with Crippen molar-refractivity contribution < 1.29 is 42.0 Å². The number of hydrogen-bond donors (Lipinski definition) is 3. The molecule has 2 aliphatic heterocycles. The van der Waals surface area contributed by atoms with Gasteiger partial charge in [-0.2, -0.15) is 8.78 Å². The number of nitrogens with one attached hydrogen (secondary N) is 2. The van der Waals surface area contributed by atoms with E-state index >= 15 is 0 Å². The van der Waals surface area contributed by atoms with E-state index in [1.165, 1.54) is 19.2 Å². The summed E-state index contributed by atoms with van der Waals surface area (Å²) in [5.74, 6) is -3.79. The topological polar surface area (TPSA) is 119 Å². The van der Waals surface area contributed by atoms with Crippen LogP contribution in [0.25, 0.3) is 0 Å². The van der Waals surface area contributed by atoms with Gasteiger partial charge in [-0.3, -0.25) is 9.69 Å². The second-order valence-electron chi connectivity index (χ2n) is 8.98. The van der Waals surface area contributed by atoms with Crippen molar-refractivity contribution in [1.29, 1.82) is 0 Å². The van der Waals surface area contributed by atoms with Crippen molar-refractivity contribution in [3.63, 3.8) is 0 Å². The van der Waals surface area contributed by atoms with Gasteiger partial charge in [0, 0.05) is 19.7 Å². The molecule has 1 aliphatic carbocycles. The first-order chi connectivity index (χ1) is 17.0. The molecule has 0 saturated carbocycles. The highest BCUT2D eigenvalue weighted by molar-refractivity contribution is 7.45. The zero-order chi connectivity index (χ0) is 26.5. The van der Waals surface area contributed by atoms with Crippen molar-refractivity contribution in [1.82, 2.24) is 15.3 Å². The lowest BCUT2D eigenvalue weighted by Crippen LogP contribution is -2.51. The first-order valence-corrected chi connectivity index (χ1v) is 12.6. The minimum absolute atomic E-state index is 0.353. The van der Waals surface area contributed by atoms with E-state index in [4.69, 9.17) is 18.5 Å². The van der Waals surface area contributed by atoms with Crippen LogP contribution in [0.2, 0.25) is 0 Å². The lowest BCUT2D eigenvalue weighted by atomic mass is 10.0. The van der Waals surface area contributed by atoms with Crippen LogP contribution in [-0.4, -0.2) is 71.7 Å². The summed E-state index contributed by atoms with van der Waals surface area (Å²) >= 11 is 0. The smallest absolute Gasteiger partial charge is 0.324 e. The number of rotatable bonds is 10. The monoisotopic (exact) mass is 531 g/mol. The maximum absolute atomic E-state index is 15.0. The molecule has 5 atom stereocenters. The summed E-state index contributed by atoms with van der Waals surface area (Å²) in [6, 6.07) is -1.59. The highest BCUT2D eigenvalue weighted by Gasteiger charge is 2.61. The van der Waals surface area contributed by atoms with Gasteiger partial charge in [-0.25, -0.2) is 9.88 Å². The molecule has 2 amide bonds. The molecule has 36 heavy (non-hydrogen) atoms. The molecule has 0 radical (unpaired) electrons. The number of carbonyl (C=O) groups excluding carboxylic acids is 2. The van der Waals surface area contributed by atoms with E-state index in [0.29, 0.717) is 17.1 Å². The summed E-state index contributed by atoms with van der Waals surface area (Å²) in [6.45, 7) is 6.50. The number of halogens is 2. The normalized spacial score (nSPS) is 29.5. The zero-order valence-electron chi connectivity index (χ0n) is 20.4. The fourth-order valence-corrected chi connectivity index (χ4v) is 5.05. The Labute approximate surface area is 209 Å². The molecule has 13 heteroatoms. The summed E-state index contributed by atoms with van der Waals surface area (Å²) < 4.78 is 52.3. The number of aliphatic hydroxyl groups excluding tert-OH is 1. The van der Waals surface area contributed by atoms with Crippen LogP contribution in [0.15, 0.2) is 48.9 Å². The lowest BCUT2D eigenvalue weighted by molar-refractivity contribution is -0.147. The molecule has 0 aromatic carbocycles. The third kappa shape index (κ3) is 6.68. The number of esters is 1. The molecule has 2 fully saturated rings. The summed E-state index contributed by atoms with van der Waals surface area (Å²) in [4.78, 5) is 25.1. The molecule has 0 aromatic rings. The maximum Gasteiger partial charge on any atom is 0.324 e. The summed E-state index contributed by atoms with van der Waals surface area (Å²) in [5, 5.41) is 15.6. The average Bonchev–Trinajstić information content (AvgIpc) is 3.22. The summed E-state index contributed by atoms with van der Waals surface area (Å²) in [6.07, 6.45) is 5.27. The van der Waals surface area contributed by atoms with Crippen molar-refractivity contribution in [3.8, 4) is 0 Å². The van der Waals surface area contributed by atoms with Gasteiger partial charge in [0.2, 0.25) is 6.23 Å². The maximum atomic E-state index is 15.0. The average molecular weight is 531 g/mol. The quantitative estimate of drug-likeness (QED) is 0.224. The van der Waals surface area contributed by atoms with Crippen LogP contribution in [0.1, 0.15) is 33.1 Å². The summed E-state index contributed by atoms with van der Waals surface area (Å²) in [7, 11) is -0.731. The predicted molar refractivity (Wildman–Crippen MR) is 127 cm³/mol. The number of amides is 2.